The predicted octanol–water partition coefficient (Wildman–Crippen LogP) is 3.82. The number of benzene rings is 1. The van der Waals surface area contributed by atoms with Crippen LogP contribution < -0.4 is 0 Å². The van der Waals surface area contributed by atoms with Gasteiger partial charge in [0, 0.05) is 35.1 Å². The van der Waals surface area contributed by atoms with Crippen molar-refractivity contribution in [1.82, 2.24) is 24.7 Å². The van der Waals surface area contributed by atoms with Gasteiger partial charge in [-0.15, -0.1) is 11.3 Å². The number of thiazole rings is 1. The third kappa shape index (κ3) is 2.96. The molecule has 0 saturated heterocycles. The van der Waals surface area contributed by atoms with Crippen LogP contribution in [0.1, 0.15) is 11.4 Å². The molecule has 3 heterocycles. The van der Waals surface area contributed by atoms with Crippen molar-refractivity contribution in [2.45, 2.75) is 13.5 Å². The fraction of sp³-hybridized carbons (Fsp3) is 0.111. The topological polar surface area (TPSA) is 56.5 Å². The van der Waals surface area contributed by atoms with Crippen LogP contribution in [0.4, 0.5) is 0 Å². The molecule has 0 bridgehead atoms. The summed E-state index contributed by atoms with van der Waals surface area (Å²) in [6.45, 7) is 2.66. The summed E-state index contributed by atoms with van der Waals surface area (Å²) >= 11 is 1.60. The quantitative estimate of drug-likeness (QED) is 0.570. The lowest BCUT2D eigenvalue weighted by molar-refractivity contribution is 0.678. The highest BCUT2D eigenvalue weighted by atomic mass is 32.1. The molecule has 0 aliphatic rings. The molecule has 1 aromatic carbocycles. The lowest BCUT2D eigenvalue weighted by atomic mass is 10.0. The number of hydrogen-bond acceptors (Lipinski definition) is 5. The molecule has 0 spiro atoms. The maximum Gasteiger partial charge on any atom is 0.0923 e. The Hall–Kier alpha value is -2.86. The summed E-state index contributed by atoms with van der Waals surface area (Å²) in [6, 6.07) is 10.3. The molecule has 0 fully saturated rings. The van der Waals surface area contributed by atoms with Crippen molar-refractivity contribution in [3.8, 4) is 22.5 Å². The predicted molar refractivity (Wildman–Crippen MR) is 94.6 cm³/mol. The summed E-state index contributed by atoms with van der Waals surface area (Å²) in [4.78, 5) is 13.1. The summed E-state index contributed by atoms with van der Waals surface area (Å²) in [5, 5.41) is 6.70. The Kier molecular flexibility index (Phi) is 3.88. The van der Waals surface area contributed by atoms with Crippen molar-refractivity contribution in [1.29, 1.82) is 0 Å². The Balaban J connectivity index is 1.64. The molecule has 4 aromatic rings. The van der Waals surface area contributed by atoms with Crippen molar-refractivity contribution in [3.05, 3.63) is 71.2 Å². The lowest BCUT2D eigenvalue weighted by Gasteiger charge is -2.05. The normalized spacial score (nSPS) is 10.9. The smallest absolute Gasteiger partial charge is 0.0923 e. The lowest BCUT2D eigenvalue weighted by Crippen LogP contribution is -2.00. The molecule has 0 radical (unpaired) electrons. The van der Waals surface area contributed by atoms with Crippen molar-refractivity contribution in [2.75, 3.05) is 0 Å². The minimum atomic E-state index is 0.687. The van der Waals surface area contributed by atoms with Crippen LogP contribution in [0.15, 0.2) is 59.8 Å². The molecule has 0 unspecified atom stereocenters. The summed E-state index contributed by atoms with van der Waals surface area (Å²) in [5.41, 5.74) is 7.74. The fourth-order valence-electron chi connectivity index (χ4n) is 2.60. The number of aryl methyl sites for hydroxylation is 1. The number of nitrogens with zero attached hydrogens (tertiary/aromatic N) is 5. The molecule has 0 aliphatic heterocycles. The van der Waals surface area contributed by atoms with Gasteiger partial charge in [0.1, 0.15) is 0 Å². The van der Waals surface area contributed by atoms with Gasteiger partial charge in [0.15, 0.2) is 0 Å². The van der Waals surface area contributed by atoms with Crippen LogP contribution in [0.5, 0.6) is 0 Å². The zero-order chi connectivity index (χ0) is 16.4. The summed E-state index contributed by atoms with van der Waals surface area (Å²) < 4.78 is 1.91. The first-order valence-electron chi connectivity index (χ1n) is 7.58. The average Bonchev–Trinajstić information content (AvgIpc) is 3.28. The van der Waals surface area contributed by atoms with Gasteiger partial charge in [0.2, 0.25) is 0 Å². The second-order valence-electron chi connectivity index (χ2n) is 5.45. The summed E-state index contributed by atoms with van der Waals surface area (Å²) in [5.74, 6) is 0. The Labute approximate surface area is 143 Å². The zero-order valence-corrected chi connectivity index (χ0v) is 13.9. The van der Waals surface area contributed by atoms with E-state index in [1.54, 1.807) is 23.7 Å². The van der Waals surface area contributed by atoms with E-state index in [0.29, 0.717) is 6.54 Å². The Morgan fingerprint density at radius 1 is 1.04 bits per heavy atom. The molecule has 118 valence electrons. The van der Waals surface area contributed by atoms with E-state index in [9.17, 15) is 0 Å². The van der Waals surface area contributed by atoms with Crippen LogP contribution in [-0.2, 0) is 6.54 Å². The Morgan fingerprint density at radius 2 is 1.92 bits per heavy atom. The van der Waals surface area contributed by atoms with E-state index >= 15 is 0 Å². The van der Waals surface area contributed by atoms with Gasteiger partial charge >= 0.3 is 0 Å². The monoisotopic (exact) mass is 333 g/mol. The van der Waals surface area contributed by atoms with Gasteiger partial charge in [-0.2, -0.15) is 5.10 Å². The first kappa shape index (κ1) is 14.7. The van der Waals surface area contributed by atoms with E-state index in [1.165, 1.54) is 0 Å². The van der Waals surface area contributed by atoms with Gasteiger partial charge in [-0.3, -0.25) is 14.6 Å². The number of hydrogen-bond donors (Lipinski definition) is 0. The molecule has 5 nitrogen and oxygen atoms in total. The van der Waals surface area contributed by atoms with Crippen LogP contribution in [0.2, 0.25) is 0 Å². The molecule has 0 aliphatic carbocycles. The maximum absolute atomic E-state index is 4.66. The highest BCUT2D eigenvalue weighted by Gasteiger charge is 2.08. The van der Waals surface area contributed by atoms with Crippen molar-refractivity contribution >= 4 is 11.3 Å². The van der Waals surface area contributed by atoms with E-state index in [2.05, 4.69) is 32.2 Å². The summed E-state index contributed by atoms with van der Waals surface area (Å²) in [7, 11) is 0. The molecular weight excluding hydrogens is 318 g/mol. The molecule has 0 atom stereocenters. The SMILES string of the molecule is Cc1nccnc1-c1cccc(-c2ccn(Cc3cscn3)n2)c1. The van der Waals surface area contributed by atoms with E-state index in [0.717, 1.165) is 33.9 Å². The van der Waals surface area contributed by atoms with E-state index in [1.807, 2.05) is 46.9 Å². The maximum atomic E-state index is 4.66. The van der Waals surface area contributed by atoms with Gasteiger partial charge in [-0.05, 0) is 19.1 Å². The van der Waals surface area contributed by atoms with Crippen LogP contribution in [0, 0.1) is 6.92 Å². The van der Waals surface area contributed by atoms with Crippen molar-refractivity contribution in [2.24, 2.45) is 0 Å². The van der Waals surface area contributed by atoms with E-state index in [-0.39, 0.29) is 0 Å². The van der Waals surface area contributed by atoms with E-state index in [4.69, 9.17) is 0 Å². The molecule has 24 heavy (non-hydrogen) atoms. The minimum Gasteiger partial charge on any atom is -0.266 e. The van der Waals surface area contributed by atoms with Crippen molar-refractivity contribution < 1.29 is 0 Å². The standard InChI is InChI=1S/C18H15N5S/c1-13-18(20-7-6-19-13)15-4-2-3-14(9-15)17-5-8-23(22-17)10-16-11-24-12-21-16/h2-9,11-12H,10H2,1H3. The molecule has 3 aromatic heterocycles. The van der Waals surface area contributed by atoms with Gasteiger partial charge in [-0.1, -0.05) is 18.2 Å². The second kappa shape index (κ2) is 6.33. The molecule has 0 N–H and O–H groups in total. The first-order chi connectivity index (χ1) is 11.8. The summed E-state index contributed by atoms with van der Waals surface area (Å²) in [6.07, 6.45) is 5.41. The van der Waals surface area contributed by atoms with Crippen LogP contribution >= 0.6 is 11.3 Å². The third-order valence-electron chi connectivity index (χ3n) is 3.76. The molecular formula is C18H15N5S. The molecule has 4 rings (SSSR count). The van der Waals surface area contributed by atoms with Crippen LogP contribution in [-0.4, -0.2) is 24.7 Å². The van der Waals surface area contributed by atoms with Gasteiger partial charge in [-0.25, -0.2) is 4.98 Å². The zero-order valence-electron chi connectivity index (χ0n) is 13.1. The van der Waals surface area contributed by atoms with Crippen molar-refractivity contribution in [3.63, 3.8) is 0 Å². The molecule has 6 heteroatoms. The van der Waals surface area contributed by atoms with E-state index < -0.39 is 0 Å². The second-order valence-corrected chi connectivity index (χ2v) is 6.17. The minimum absolute atomic E-state index is 0.687. The average molecular weight is 333 g/mol. The van der Waals surface area contributed by atoms with Gasteiger partial charge in [0.25, 0.3) is 0 Å². The highest BCUT2D eigenvalue weighted by molar-refractivity contribution is 7.07. The first-order valence-corrected chi connectivity index (χ1v) is 8.53. The number of rotatable bonds is 4. The third-order valence-corrected chi connectivity index (χ3v) is 4.40. The largest absolute Gasteiger partial charge is 0.266 e. The molecule has 0 saturated carbocycles. The Morgan fingerprint density at radius 3 is 2.75 bits per heavy atom. The number of aromatic nitrogens is 5. The van der Waals surface area contributed by atoms with Gasteiger partial charge in [0.05, 0.1) is 34.8 Å². The van der Waals surface area contributed by atoms with Gasteiger partial charge < -0.3 is 0 Å². The van der Waals surface area contributed by atoms with Crippen LogP contribution in [0.3, 0.4) is 0 Å². The van der Waals surface area contributed by atoms with Crippen LogP contribution in [0.25, 0.3) is 22.5 Å². The highest BCUT2D eigenvalue weighted by Crippen LogP contribution is 2.25. The molecule has 0 amide bonds. The Bertz CT molecular complexity index is 959. The fourth-order valence-corrected chi connectivity index (χ4v) is 3.15.